The Morgan fingerprint density at radius 2 is 2.00 bits per heavy atom. The summed E-state index contributed by atoms with van der Waals surface area (Å²) in [4.78, 5) is 12.4. The number of carbonyl (C=O) groups is 1. The van der Waals surface area contributed by atoms with E-state index >= 15 is 0 Å². The van der Waals surface area contributed by atoms with Crippen LogP contribution in [-0.4, -0.2) is 28.4 Å². The van der Waals surface area contributed by atoms with Crippen LogP contribution in [0.2, 0.25) is 5.02 Å². The lowest BCUT2D eigenvalue weighted by Gasteiger charge is -2.33. The molecule has 0 unspecified atom stereocenters. The molecular formula is C19H22ClF3N4O. The van der Waals surface area contributed by atoms with Crippen LogP contribution in [0.15, 0.2) is 24.3 Å². The molecule has 1 aromatic carbocycles. The van der Waals surface area contributed by atoms with Crippen molar-refractivity contribution in [2.75, 3.05) is 11.9 Å². The minimum Gasteiger partial charge on any atom is -0.362 e. The van der Waals surface area contributed by atoms with Gasteiger partial charge in [0.15, 0.2) is 11.7 Å². The number of halogens is 4. The molecule has 0 spiro atoms. The predicted octanol–water partition coefficient (Wildman–Crippen LogP) is 4.89. The SMILES string of the molecule is Cc1ccc([C@H]2C[C@@H](C(F)(F)F)n3nc(C(=O)NCC(C)C)c(Cl)c3N2)cc1. The number of nitrogens with one attached hydrogen (secondary N) is 2. The van der Waals surface area contributed by atoms with Gasteiger partial charge in [-0.1, -0.05) is 55.3 Å². The molecular weight excluding hydrogens is 393 g/mol. The quantitative estimate of drug-likeness (QED) is 0.748. The molecule has 2 heterocycles. The van der Waals surface area contributed by atoms with Crippen molar-refractivity contribution in [3.05, 3.63) is 46.1 Å². The van der Waals surface area contributed by atoms with Gasteiger partial charge in [0.1, 0.15) is 10.8 Å². The first-order valence-corrected chi connectivity index (χ1v) is 9.41. The van der Waals surface area contributed by atoms with Gasteiger partial charge in [-0.3, -0.25) is 4.79 Å². The Bertz CT molecular complexity index is 861. The van der Waals surface area contributed by atoms with Crippen LogP contribution >= 0.6 is 11.6 Å². The lowest BCUT2D eigenvalue weighted by molar-refractivity contribution is -0.173. The molecule has 1 aliphatic heterocycles. The average Bonchev–Trinajstić information content (AvgIpc) is 2.95. The first kappa shape index (κ1) is 20.5. The Kier molecular flexibility index (Phi) is 5.61. The highest BCUT2D eigenvalue weighted by molar-refractivity contribution is 6.36. The van der Waals surface area contributed by atoms with Crippen molar-refractivity contribution in [1.29, 1.82) is 0 Å². The molecule has 2 atom stereocenters. The Hall–Kier alpha value is -2.22. The van der Waals surface area contributed by atoms with Crippen LogP contribution in [0.3, 0.4) is 0 Å². The number of benzene rings is 1. The van der Waals surface area contributed by atoms with Gasteiger partial charge >= 0.3 is 6.18 Å². The number of aromatic nitrogens is 2. The van der Waals surface area contributed by atoms with E-state index in [0.29, 0.717) is 12.1 Å². The number of anilines is 1. The topological polar surface area (TPSA) is 59.0 Å². The van der Waals surface area contributed by atoms with Gasteiger partial charge in [-0.05, 0) is 18.4 Å². The molecule has 0 saturated heterocycles. The third-order valence-corrected chi connectivity index (χ3v) is 5.02. The third kappa shape index (κ3) is 4.11. The van der Waals surface area contributed by atoms with Crippen LogP contribution in [0.5, 0.6) is 0 Å². The molecule has 0 saturated carbocycles. The summed E-state index contributed by atoms with van der Waals surface area (Å²) in [5, 5.41) is 9.48. The summed E-state index contributed by atoms with van der Waals surface area (Å²) in [6, 6.07) is 4.79. The zero-order chi connectivity index (χ0) is 20.6. The maximum atomic E-state index is 13.7. The standard InChI is InChI=1S/C19H22ClF3N4O/c1-10(2)9-24-18(28)16-15(20)17-25-13(12-6-4-11(3)5-7-12)8-14(19(21,22)23)27(17)26-16/h4-7,10,13-14,25H,8-9H2,1-3H3,(H,24,28)/t13-,14+/m1/s1. The minimum atomic E-state index is -4.53. The highest BCUT2D eigenvalue weighted by Gasteiger charge is 2.47. The Balaban J connectivity index is 1.98. The van der Waals surface area contributed by atoms with E-state index in [4.69, 9.17) is 11.6 Å². The zero-order valence-electron chi connectivity index (χ0n) is 15.8. The van der Waals surface area contributed by atoms with Gasteiger partial charge in [-0.15, -0.1) is 0 Å². The normalized spacial score (nSPS) is 19.3. The number of fused-ring (bicyclic) bond motifs is 1. The second kappa shape index (κ2) is 7.66. The fourth-order valence-corrected chi connectivity index (χ4v) is 3.40. The number of alkyl halides is 3. The van der Waals surface area contributed by atoms with Crippen LogP contribution in [0.1, 0.15) is 54.0 Å². The molecule has 0 aliphatic carbocycles. The number of hydrogen-bond acceptors (Lipinski definition) is 3. The van der Waals surface area contributed by atoms with E-state index in [0.717, 1.165) is 10.2 Å². The van der Waals surface area contributed by atoms with Gasteiger partial charge in [0, 0.05) is 13.0 Å². The van der Waals surface area contributed by atoms with Crippen molar-refractivity contribution in [2.45, 2.75) is 45.5 Å². The summed E-state index contributed by atoms with van der Waals surface area (Å²) < 4.78 is 42.0. The lowest BCUT2D eigenvalue weighted by atomic mass is 9.96. The lowest BCUT2D eigenvalue weighted by Crippen LogP contribution is -2.36. The first-order valence-electron chi connectivity index (χ1n) is 9.04. The monoisotopic (exact) mass is 414 g/mol. The number of aryl methyl sites for hydroxylation is 1. The molecule has 5 nitrogen and oxygen atoms in total. The highest BCUT2D eigenvalue weighted by Crippen LogP contribution is 2.46. The largest absolute Gasteiger partial charge is 0.410 e. The molecule has 1 aliphatic rings. The van der Waals surface area contributed by atoms with Gasteiger partial charge in [0.25, 0.3) is 5.91 Å². The van der Waals surface area contributed by atoms with Gasteiger partial charge in [0.05, 0.1) is 6.04 Å². The van der Waals surface area contributed by atoms with Crippen molar-refractivity contribution < 1.29 is 18.0 Å². The van der Waals surface area contributed by atoms with Crippen LogP contribution in [-0.2, 0) is 0 Å². The van der Waals surface area contributed by atoms with Gasteiger partial charge in [0.2, 0.25) is 0 Å². The fraction of sp³-hybridized carbons (Fsp3) is 0.474. The molecule has 1 aromatic heterocycles. The van der Waals surface area contributed by atoms with Crippen molar-refractivity contribution in [1.82, 2.24) is 15.1 Å². The predicted molar refractivity (Wildman–Crippen MR) is 102 cm³/mol. The van der Waals surface area contributed by atoms with Crippen molar-refractivity contribution in [2.24, 2.45) is 5.92 Å². The van der Waals surface area contributed by atoms with Gasteiger partial charge in [-0.25, -0.2) is 4.68 Å². The van der Waals surface area contributed by atoms with Crippen molar-refractivity contribution >= 4 is 23.3 Å². The maximum absolute atomic E-state index is 13.7. The van der Waals surface area contributed by atoms with E-state index < -0.39 is 24.2 Å². The molecule has 9 heteroatoms. The molecule has 1 amide bonds. The van der Waals surface area contributed by atoms with Crippen LogP contribution < -0.4 is 10.6 Å². The second-order valence-electron chi connectivity index (χ2n) is 7.46. The second-order valence-corrected chi connectivity index (χ2v) is 7.84. The van der Waals surface area contributed by atoms with E-state index in [9.17, 15) is 18.0 Å². The molecule has 0 bridgehead atoms. The summed E-state index contributed by atoms with van der Waals surface area (Å²) >= 11 is 6.27. The Labute approximate surface area is 166 Å². The molecule has 0 radical (unpaired) electrons. The molecule has 2 aromatic rings. The summed E-state index contributed by atoms with van der Waals surface area (Å²) in [5.41, 5.74) is 1.52. The maximum Gasteiger partial charge on any atom is 0.410 e. The van der Waals surface area contributed by atoms with E-state index in [-0.39, 0.29) is 28.9 Å². The smallest absolute Gasteiger partial charge is 0.362 e. The summed E-state index contributed by atoms with van der Waals surface area (Å²) in [5.74, 6) is -0.391. The van der Waals surface area contributed by atoms with Crippen molar-refractivity contribution in [3.63, 3.8) is 0 Å². The Morgan fingerprint density at radius 1 is 1.36 bits per heavy atom. The summed E-state index contributed by atoms with van der Waals surface area (Å²) in [6.45, 7) is 6.10. The van der Waals surface area contributed by atoms with E-state index in [2.05, 4.69) is 15.7 Å². The van der Waals surface area contributed by atoms with Crippen LogP contribution in [0.4, 0.5) is 19.0 Å². The first-order chi connectivity index (χ1) is 13.1. The molecule has 3 rings (SSSR count). The number of carbonyl (C=O) groups excluding carboxylic acids is 1. The molecule has 2 N–H and O–H groups in total. The fourth-order valence-electron chi connectivity index (χ4n) is 3.13. The van der Waals surface area contributed by atoms with Crippen LogP contribution in [0, 0.1) is 12.8 Å². The van der Waals surface area contributed by atoms with Gasteiger partial charge < -0.3 is 10.6 Å². The summed E-state index contributed by atoms with van der Waals surface area (Å²) in [6.07, 6.45) is -4.77. The number of hydrogen-bond donors (Lipinski definition) is 2. The number of nitrogens with zero attached hydrogens (tertiary/aromatic N) is 2. The van der Waals surface area contributed by atoms with Crippen LogP contribution in [0.25, 0.3) is 0 Å². The van der Waals surface area contributed by atoms with Gasteiger partial charge in [-0.2, -0.15) is 18.3 Å². The highest BCUT2D eigenvalue weighted by atomic mass is 35.5. The summed E-state index contributed by atoms with van der Waals surface area (Å²) in [7, 11) is 0. The average molecular weight is 415 g/mol. The van der Waals surface area contributed by atoms with E-state index in [1.807, 2.05) is 32.9 Å². The Morgan fingerprint density at radius 3 is 2.57 bits per heavy atom. The minimum absolute atomic E-state index is 0.00973. The third-order valence-electron chi connectivity index (χ3n) is 4.66. The molecule has 152 valence electrons. The molecule has 0 fully saturated rings. The molecule has 28 heavy (non-hydrogen) atoms. The number of amides is 1. The van der Waals surface area contributed by atoms with Crippen molar-refractivity contribution in [3.8, 4) is 0 Å². The van der Waals surface area contributed by atoms with E-state index in [1.54, 1.807) is 12.1 Å². The van der Waals surface area contributed by atoms with E-state index in [1.165, 1.54) is 0 Å². The number of rotatable bonds is 4. The zero-order valence-corrected chi connectivity index (χ0v) is 16.5.